The predicted molar refractivity (Wildman–Crippen MR) is 114 cm³/mol. The van der Waals surface area contributed by atoms with Gasteiger partial charge in [-0.25, -0.2) is 4.99 Å². The van der Waals surface area contributed by atoms with E-state index in [2.05, 4.69) is 34.0 Å². The summed E-state index contributed by atoms with van der Waals surface area (Å²) in [5, 5.41) is 3.47. The van der Waals surface area contributed by atoms with Crippen molar-refractivity contribution in [2.24, 2.45) is 4.99 Å². The molecule has 0 radical (unpaired) electrons. The highest BCUT2D eigenvalue weighted by Gasteiger charge is 2.21. The van der Waals surface area contributed by atoms with Crippen molar-refractivity contribution >= 4 is 11.9 Å². The molecule has 0 aliphatic carbocycles. The van der Waals surface area contributed by atoms with Crippen molar-refractivity contribution in [3.63, 3.8) is 0 Å². The van der Waals surface area contributed by atoms with E-state index in [1.807, 2.05) is 30.3 Å². The van der Waals surface area contributed by atoms with Crippen LogP contribution >= 0.6 is 0 Å². The van der Waals surface area contributed by atoms with Crippen LogP contribution in [0.1, 0.15) is 20.3 Å². The van der Waals surface area contributed by atoms with Gasteiger partial charge in [-0.1, -0.05) is 25.1 Å². The van der Waals surface area contributed by atoms with E-state index in [0.29, 0.717) is 12.6 Å². The smallest absolute Gasteiger partial charge is 0.243 e. The van der Waals surface area contributed by atoms with Gasteiger partial charge in [0, 0.05) is 52.9 Å². The first-order valence-corrected chi connectivity index (χ1v) is 10.2. The van der Waals surface area contributed by atoms with Gasteiger partial charge in [-0.2, -0.15) is 0 Å². The number of guanidine groups is 1. The minimum atomic E-state index is 0.0140. The summed E-state index contributed by atoms with van der Waals surface area (Å²) in [6.07, 6.45) is 1.01. The van der Waals surface area contributed by atoms with E-state index >= 15 is 0 Å². The predicted octanol–water partition coefficient (Wildman–Crippen LogP) is 1.52. The van der Waals surface area contributed by atoms with E-state index in [9.17, 15) is 4.79 Å². The van der Waals surface area contributed by atoms with Gasteiger partial charge in [0.15, 0.2) is 5.96 Å². The molecule has 1 saturated heterocycles. The van der Waals surface area contributed by atoms with Gasteiger partial charge in [-0.05, 0) is 25.5 Å². The summed E-state index contributed by atoms with van der Waals surface area (Å²) in [5.41, 5.74) is 0. The molecule has 7 nitrogen and oxygen atoms in total. The lowest BCUT2D eigenvalue weighted by atomic mass is 10.2. The molecule has 1 aromatic rings. The summed E-state index contributed by atoms with van der Waals surface area (Å²) < 4.78 is 5.80. The summed E-state index contributed by atoms with van der Waals surface area (Å²) >= 11 is 0. The largest absolute Gasteiger partial charge is 0.492 e. The molecule has 7 heteroatoms. The fourth-order valence-corrected chi connectivity index (χ4v) is 2.84. The van der Waals surface area contributed by atoms with Crippen molar-refractivity contribution in [2.75, 3.05) is 60.0 Å². The summed E-state index contributed by atoms with van der Waals surface area (Å²) in [5.74, 6) is 1.77. The molecule has 28 heavy (non-hydrogen) atoms. The van der Waals surface area contributed by atoms with E-state index in [1.54, 1.807) is 19.0 Å². The third kappa shape index (κ3) is 7.38. The lowest BCUT2D eigenvalue weighted by Gasteiger charge is -2.37. The molecule has 156 valence electrons. The number of hydrogen-bond donors (Lipinski definition) is 1. The topological polar surface area (TPSA) is 60.4 Å². The minimum absolute atomic E-state index is 0.0140. The maximum absolute atomic E-state index is 11.9. The number of rotatable bonds is 8. The molecular formula is C21H35N5O2. The minimum Gasteiger partial charge on any atom is -0.492 e. The third-order valence-corrected chi connectivity index (χ3v) is 4.94. The van der Waals surface area contributed by atoms with Crippen LogP contribution in [0.5, 0.6) is 5.75 Å². The molecule has 1 aliphatic rings. The first-order valence-electron chi connectivity index (χ1n) is 10.2. The molecule has 0 aromatic heterocycles. The highest BCUT2D eigenvalue weighted by Crippen LogP contribution is 2.09. The first-order chi connectivity index (χ1) is 13.5. The second-order valence-electron chi connectivity index (χ2n) is 7.37. The van der Waals surface area contributed by atoms with E-state index in [0.717, 1.165) is 50.9 Å². The summed E-state index contributed by atoms with van der Waals surface area (Å²) in [4.78, 5) is 22.7. The number of piperazine rings is 1. The Morgan fingerprint density at radius 3 is 2.50 bits per heavy atom. The zero-order chi connectivity index (χ0) is 20.4. The number of ether oxygens (including phenoxy) is 1. The molecule has 2 rings (SSSR count). The van der Waals surface area contributed by atoms with E-state index in [-0.39, 0.29) is 12.5 Å². The van der Waals surface area contributed by atoms with Crippen LogP contribution in [0.15, 0.2) is 35.3 Å². The number of likely N-dealkylation sites (N-methyl/N-ethyl adjacent to an activating group) is 1. The van der Waals surface area contributed by atoms with E-state index in [4.69, 9.17) is 4.74 Å². The molecule has 1 unspecified atom stereocenters. The fraction of sp³-hybridized carbons (Fsp3) is 0.619. The van der Waals surface area contributed by atoms with Gasteiger partial charge < -0.3 is 19.9 Å². The second kappa shape index (κ2) is 11.5. The standard InChI is InChI=1S/C21H35N5O2/c1-5-18(2)23-21(22-17-20(27)24(3)4)26-13-11-25(12-14-26)15-16-28-19-9-7-6-8-10-19/h6-10,18H,5,11-17H2,1-4H3,(H,22,23). The number of carbonyl (C=O) groups is 1. The van der Waals surface area contributed by atoms with Crippen LogP contribution in [0.4, 0.5) is 0 Å². The van der Waals surface area contributed by atoms with Crippen molar-refractivity contribution in [1.29, 1.82) is 0 Å². The number of nitrogens with one attached hydrogen (secondary N) is 1. The van der Waals surface area contributed by atoms with Gasteiger partial charge >= 0.3 is 0 Å². The van der Waals surface area contributed by atoms with Gasteiger partial charge in [0.2, 0.25) is 5.91 Å². The lowest BCUT2D eigenvalue weighted by Crippen LogP contribution is -2.54. The lowest BCUT2D eigenvalue weighted by molar-refractivity contribution is -0.127. The number of para-hydroxylation sites is 1. The Bertz CT molecular complexity index is 612. The Morgan fingerprint density at radius 2 is 1.89 bits per heavy atom. The highest BCUT2D eigenvalue weighted by atomic mass is 16.5. The maximum Gasteiger partial charge on any atom is 0.243 e. The molecule has 1 heterocycles. The van der Waals surface area contributed by atoms with Crippen LogP contribution in [-0.4, -0.2) is 92.6 Å². The zero-order valence-corrected chi connectivity index (χ0v) is 17.7. The van der Waals surface area contributed by atoms with Crippen molar-refractivity contribution in [1.82, 2.24) is 20.0 Å². The molecule has 1 N–H and O–H groups in total. The molecule has 1 aromatic carbocycles. The van der Waals surface area contributed by atoms with Crippen molar-refractivity contribution in [3.8, 4) is 5.75 Å². The average Bonchev–Trinajstić information content (AvgIpc) is 2.72. The first kappa shape index (κ1) is 22.0. The molecule has 0 spiro atoms. The Balaban J connectivity index is 1.82. The Labute approximate surface area is 169 Å². The monoisotopic (exact) mass is 389 g/mol. The normalized spacial score (nSPS) is 16.6. The summed E-state index contributed by atoms with van der Waals surface area (Å²) in [7, 11) is 3.52. The molecular weight excluding hydrogens is 354 g/mol. The van der Waals surface area contributed by atoms with Gasteiger partial charge in [0.1, 0.15) is 18.9 Å². The number of aliphatic imine (C=N–C) groups is 1. The maximum atomic E-state index is 11.9. The van der Waals surface area contributed by atoms with E-state index < -0.39 is 0 Å². The van der Waals surface area contributed by atoms with Crippen LogP contribution in [0.25, 0.3) is 0 Å². The number of carbonyl (C=O) groups excluding carboxylic acids is 1. The number of nitrogens with zero attached hydrogens (tertiary/aromatic N) is 4. The Morgan fingerprint density at radius 1 is 1.21 bits per heavy atom. The highest BCUT2D eigenvalue weighted by molar-refractivity contribution is 5.85. The number of benzene rings is 1. The summed E-state index contributed by atoms with van der Waals surface area (Å²) in [6.45, 7) is 9.76. The second-order valence-corrected chi connectivity index (χ2v) is 7.37. The molecule has 1 atom stereocenters. The van der Waals surface area contributed by atoms with Crippen molar-refractivity contribution in [2.45, 2.75) is 26.3 Å². The zero-order valence-electron chi connectivity index (χ0n) is 17.7. The van der Waals surface area contributed by atoms with Gasteiger partial charge in [-0.15, -0.1) is 0 Å². The third-order valence-electron chi connectivity index (χ3n) is 4.94. The molecule has 0 saturated carbocycles. The fourth-order valence-electron chi connectivity index (χ4n) is 2.84. The van der Waals surface area contributed by atoms with Crippen molar-refractivity contribution in [3.05, 3.63) is 30.3 Å². The van der Waals surface area contributed by atoms with Gasteiger partial charge in [0.25, 0.3) is 0 Å². The Hall–Kier alpha value is -2.28. The molecule has 1 amide bonds. The van der Waals surface area contributed by atoms with Crippen LogP contribution < -0.4 is 10.1 Å². The Kier molecular flexibility index (Phi) is 9.07. The molecule has 1 fully saturated rings. The van der Waals surface area contributed by atoms with Crippen molar-refractivity contribution < 1.29 is 9.53 Å². The van der Waals surface area contributed by atoms with Crippen LogP contribution in [0, 0.1) is 0 Å². The molecule has 0 bridgehead atoms. The molecule has 1 aliphatic heterocycles. The number of hydrogen-bond acceptors (Lipinski definition) is 4. The average molecular weight is 390 g/mol. The quantitative estimate of drug-likeness (QED) is 0.540. The van der Waals surface area contributed by atoms with Crippen LogP contribution in [-0.2, 0) is 4.79 Å². The summed E-state index contributed by atoms with van der Waals surface area (Å²) in [6, 6.07) is 10.3. The van der Waals surface area contributed by atoms with Crippen LogP contribution in [0.3, 0.4) is 0 Å². The van der Waals surface area contributed by atoms with Gasteiger partial charge in [0.05, 0.1) is 0 Å². The van der Waals surface area contributed by atoms with Gasteiger partial charge in [-0.3, -0.25) is 9.69 Å². The van der Waals surface area contributed by atoms with E-state index in [1.165, 1.54) is 0 Å². The van der Waals surface area contributed by atoms with Crippen LogP contribution in [0.2, 0.25) is 0 Å². The number of amides is 1. The SMILES string of the molecule is CCC(C)NC(=NCC(=O)N(C)C)N1CCN(CCOc2ccccc2)CC1.